The Labute approximate surface area is 125 Å². The number of halogens is 1. The van der Waals surface area contributed by atoms with E-state index in [0.717, 1.165) is 19.6 Å². The zero-order valence-corrected chi connectivity index (χ0v) is 12.6. The fraction of sp³-hybridized carbons (Fsp3) is 0.533. The molecule has 1 aromatic carbocycles. The molecule has 1 aromatic rings. The highest BCUT2D eigenvalue weighted by molar-refractivity contribution is 5.97. The molecule has 0 radical (unpaired) electrons. The lowest BCUT2D eigenvalue weighted by Crippen LogP contribution is -2.20. The van der Waals surface area contributed by atoms with Crippen LogP contribution in [0.4, 0.5) is 4.39 Å². The topological polar surface area (TPSA) is 79.9 Å². The summed E-state index contributed by atoms with van der Waals surface area (Å²) in [7, 11) is 0. The second-order valence-corrected chi connectivity index (χ2v) is 5.26. The maximum Gasteiger partial charge on any atom is 0.173 e. The molecule has 6 heteroatoms. The van der Waals surface area contributed by atoms with Gasteiger partial charge in [-0.3, -0.25) is 0 Å². The fourth-order valence-electron chi connectivity index (χ4n) is 1.81. The molecular weight excluding hydrogens is 273 g/mol. The van der Waals surface area contributed by atoms with Crippen LogP contribution in [0.5, 0.6) is 0 Å². The Morgan fingerprint density at radius 2 is 2.24 bits per heavy atom. The Morgan fingerprint density at radius 3 is 2.90 bits per heavy atom. The van der Waals surface area contributed by atoms with Gasteiger partial charge in [-0.1, -0.05) is 31.1 Å². The molecule has 0 aromatic heterocycles. The summed E-state index contributed by atoms with van der Waals surface area (Å²) >= 11 is 0. The lowest BCUT2D eigenvalue weighted by molar-refractivity contribution is 0.108. The van der Waals surface area contributed by atoms with Crippen LogP contribution in [-0.4, -0.2) is 30.8 Å². The van der Waals surface area contributed by atoms with Crippen molar-refractivity contribution >= 4 is 5.84 Å². The van der Waals surface area contributed by atoms with Crippen molar-refractivity contribution in [3.63, 3.8) is 0 Å². The van der Waals surface area contributed by atoms with Gasteiger partial charge in [-0.15, -0.1) is 0 Å². The molecule has 21 heavy (non-hydrogen) atoms. The van der Waals surface area contributed by atoms with Crippen molar-refractivity contribution in [2.24, 2.45) is 16.8 Å². The highest BCUT2D eigenvalue weighted by atomic mass is 19.1. The monoisotopic (exact) mass is 297 g/mol. The van der Waals surface area contributed by atoms with E-state index in [4.69, 9.17) is 15.7 Å². The summed E-state index contributed by atoms with van der Waals surface area (Å²) in [6, 6.07) is 4.83. The van der Waals surface area contributed by atoms with Crippen molar-refractivity contribution in [3.05, 3.63) is 35.1 Å². The summed E-state index contributed by atoms with van der Waals surface area (Å²) in [6.45, 7) is 6.80. The molecule has 4 N–H and O–H groups in total. The van der Waals surface area contributed by atoms with E-state index in [0.29, 0.717) is 24.6 Å². The van der Waals surface area contributed by atoms with E-state index in [1.54, 1.807) is 12.1 Å². The van der Waals surface area contributed by atoms with E-state index >= 15 is 0 Å². The van der Waals surface area contributed by atoms with Crippen LogP contribution in [0.1, 0.15) is 31.4 Å². The van der Waals surface area contributed by atoms with Crippen LogP contribution in [0.25, 0.3) is 0 Å². The molecule has 1 rings (SSSR count). The van der Waals surface area contributed by atoms with Crippen LogP contribution in [0.2, 0.25) is 0 Å². The Kier molecular flexibility index (Phi) is 7.71. The summed E-state index contributed by atoms with van der Waals surface area (Å²) < 4.78 is 19.6. The molecule has 0 bridgehead atoms. The van der Waals surface area contributed by atoms with Gasteiger partial charge in [0.1, 0.15) is 5.82 Å². The smallest absolute Gasteiger partial charge is 0.173 e. The van der Waals surface area contributed by atoms with Crippen molar-refractivity contribution in [1.82, 2.24) is 5.32 Å². The molecule has 0 spiro atoms. The first-order valence-electron chi connectivity index (χ1n) is 7.10. The van der Waals surface area contributed by atoms with E-state index in [-0.39, 0.29) is 11.4 Å². The number of amidine groups is 1. The summed E-state index contributed by atoms with van der Waals surface area (Å²) in [6.07, 6.45) is 0.869. The Bertz CT molecular complexity index is 464. The minimum Gasteiger partial charge on any atom is -0.409 e. The third-order valence-corrected chi connectivity index (χ3v) is 2.87. The van der Waals surface area contributed by atoms with Crippen molar-refractivity contribution in [1.29, 1.82) is 0 Å². The Balaban J connectivity index is 2.36. The van der Waals surface area contributed by atoms with Crippen LogP contribution in [0.15, 0.2) is 23.4 Å². The lowest BCUT2D eigenvalue weighted by atomic mass is 10.1. The molecule has 5 nitrogen and oxygen atoms in total. The van der Waals surface area contributed by atoms with Crippen molar-refractivity contribution in [2.45, 2.75) is 26.8 Å². The predicted molar refractivity (Wildman–Crippen MR) is 80.9 cm³/mol. The zero-order chi connectivity index (χ0) is 15.7. The molecule has 0 saturated heterocycles. The second kappa shape index (κ2) is 9.31. The highest BCUT2D eigenvalue weighted by Gasteiger charge is 2.10. The zero-order valence-electron chi connectivity index (χ0n) is 12.6. The maximum atomic E-state index is 14.1. The fourth-order valence-corrected chi connectivity index (χ4v) is 1.81. The first-order valence-corrected chi connectivity index (χ1v) is 7.10. The number of hydrogen-bond donors (Lipinski definition) is 3. The van der Waals surface area contributed by atoms with E-state index < -0.39 is 5.82 Å². The van der Waals surface area contributed by atoms with Crippen LogP contribution in [0, 0.1) is 11.7 Å². The summed E-state index contributed by atoms with van der Waals surface area (Å²) in [5, 5.41) is 14.6. The first-order chi connectivity index (χ1) is 10.1. The Hall–Kier alpha value is -1.66. The van der Waals surface area contributed by atoms with E-state index in [1.807, 2.05) is 0 Å². The van der Waals surface area contributed by atoms with Crippen LogP contribution in [-0.2, 0) is 11.3 Å². The third-order valence-electron chi connectivity index (χ3n) is 2.87. The van der Waals surface area contributed by atoms with Gasteiger partial charge >= 0.3 is 0 Å². The quantitative estimate of drug-likeness (QED) is 0.214. The maximum absolute atomic E-state index is 14.1. The van der Waals surface area contributed by atoms with Gasteiger partial charge in [-0.2, -0.15) is 0 Å². The van der Waals surface area contributed by atoms with Crippen LogP contribution < -0.4 is 11.1 Å². The summed E-state index contributed by atoms with van der Waals surface area (Å²) in [5.74, 6) is -0.152. The molecule has 0 atom stereocenters. The molecule has 0 aliphatic heterocycles. The number of rotatable bonds is 9. The number of nitrogens with one attached hydrogen (secondary N) is 1. The van der Waals surface area contributed by atoms with Crippen molar-refractivity contribution in [2.75, 3.05) is 19.8 Å². The first kappa shape index (κ1) is 17.4. The molecule has 118 valence electrons. The average molecular weight is 297 g/mol. The Morgan fingerprint density at radius 1 is 1.48 bits per heavy atom. The number of nitrogens with two attached hydrogens (primary N) is 1. The summed E-state index contributed by atoms with van der Waals surface area (Å²) in [5.41, 5.74) is 6.02. The van der Waals surface area contributed by atoms with Gasteiger partial charge in [-0.05, 0) is 24.9 Å². The average Bonchev–Trinajstić information content (AvgIpc) is 2.46. The van der Waals surface area contributed by atoms with Gasteiger partial charge in [0.05, 0.1) is 5.56 Å². The number of hydrogen-bond acceptors (Lipinski definition) is 4. The largest absolute Gasteiger partial charge is 0.409 e. The standard InChI is InChI=1S/C15H24FN3O2/c1-11(2)10-21-8-4-7-18-9-12-5-3-6-13(14(12)16)15(17)19-20/h3,5-6,11,18,20H,4,7-10H2,1-2H3,(H2,17,19). The molecule has 0 aliphatic carbocycles. The van der Waals surface area contributed by atoms with Gasteiger partial charge in [0, 0.05) is 25.3 Å². The van der Waals surface area contributed by atoms with E-state index in [1.165, 1.54) is 6.07 Å². The number of nitrogens with zero attached hydrogens (tertiary/aromatic N) is 1. The van der Waals surface area contributed by atoms with Gasteiger partial charge in [0.2, 0.25) is 0 Å². The van der Waals surface area contributed by atoms with Gasteiger partial charge < -0.3 is 21.0 Å². The molecule has 0 amide bonds. The third kappa shape index (κ3) is 6.10. The molecule has 0 fully saturated rings. The molecule has 0 heterocycles. The minimum atomic E-state index is -0.462. The van der Waals surface area contributed by atoms with E-state index in [2.05, 4.69) is 24.3 Å². The number of oxime groups is 1. The van der Waals surface area contributed by atoms with Crippen molar-refractivity contribution < 1.29 is 14.3 Å². The molecule has 0 unspecified atom stereocenters. The van der Waals surface area contributed by atoms with E-state index in [9.17, 15) is 4.39 Å². The SMILES string of the molecule is CC(C)COCCCNCc1cccc(/C(N)=N/O)c1F. The molecule has 0 aliphatic rings. The minimum absolute atomic E-state index is 0.108. The second-order valence-electron chi connectivity index (χ2n) is 5.26. The number of benzene rings is 1. The molecular formula is C15H24FN3O2. The van der Waals surface area contributed by atoms with Crippen molar-refractivity contribution in [3.8, 4) is 0 Å². The lowest BCUT2D eigenvalue weighted by Gasteiger charge is -2.09. The van der Waals surface area contributed by atoms with Gasteiger partial charge in [-0.25, -0.2) is 4.39 Å². The van der Waals surface area contributed by atoms with Crippen LogP contribution >= 0.6 is 0 Å². The highest BCUT2D eigenvalue weighted by Crippen LogP contribution is 2.12. The van der Waals surface area contributed by atoms with Crippen LogP contribution in [0.3, 0.4) is 0 Å². The van der Waals surface area contributed by atoms with Gasteiger partial charge in [0.15, 0.2) is 5.84 Å². The summed E-state index contributed by atoms with van der Waals surface area (Å²) in [4.78, 5) is 0. The normalized spacial score (nSPS) is 12.1. The van der Waals surface area contributed by atoms with Gasteiger partial charge in [0.25, 0.3) is 0 Å². The number of ether oxygens (including phenoxy) is 1. The predicted octanol–water partition coefficient (Wildman–Crippen LogP) is 2.07. The molecule has 0 saturated carbocycles.